The predicted molar refractivity (Wildman–Crippen MR) is 98.1 cm³/mol. The van der Waals surface area contributed by atoms with Crippen LogP contribution in [0.5, 0.6) is 0 Å². The quantitative estimate of drug-likeness (QED) is 0.221. The van der Waals surface area contributed by atoms with Gasteiger partial charge in [0.05, 0.1) is 0 Å². The van der Waals surface area contributed by atoms with Crippen LogP contribution in [0.4, 0.5) is 0 Å². The molecule has 0 heterocycles. The van der Waals surface area contributed by atoms with Crippen molar-refractivity contribution in [2.24, 2.45) is 0 Å². The maximum absolute atomic E-state index is 6.25. The van der Waals surface area contributed by atoms with Crippen molar-refractivity contribution in [3.05, 3.63) is 71.8 Å². The molecular weight excluding hydrogens is 311 g/mol. The van der Waals surface area contributed by atoms with Crippen LogP contribution in [0.2, 0.25) is 0 Å². The van der Waals surface area contributed by atoms with Crippen LogP contribution in [0.3, 0.4) is 0 Å². The summed E-state index contributed by atoms with van der Waals surface area (Å²) in [5, 5.41) is 7.45. The summed E-state index contributed by atoms with van der Waals surface area (Å²) in [5.41, 5.74) is 2.26. The van der Waals surface area contributed by atoms with E-state index in [9.17, 15) is 0 Å². The number of fused-ring (bicyclic) bond motifs is 4. The molecule has 0 fully saturated rings. The van der Waals surface area contributed by atoms with Crippen molar-refractivity contribution in [3.8, 4) is 0 Å². The molecule has 0 spiro atoms. The minimum atomic E-state index is 0.478. The summed E-state index contributed by atoms with van der Waals surface area (Å²) in [6.45, 7) is 0. The fourth-order valence-corrected chi connectivity index (χ4v) is 3.79. The Labute approximate surface area is 139 Å². The van der Waals surface area contributed by atoms with Crippen molar-refractivity contribution < 1.29 is 0 Å². The minimum absolute atomic E-state index is 0.478. The molecule has 0 saturated carbocycles. The van der Waals surface area contributed by atoms with Crippen LogP contribution in [-0.4, -0.2) is 0 Å². The van der Waals surface area contributed by atoms with Gasteiger partial charge < -0.3 is 0 Å². The fraction of sp³-hybridized carbons (Fsp3) is 0.100. The van der Waals surface area contributed by atoms with Gasteiger partial charge in [-0.2, -0.15) is 0 Å². The Balaban J connectivity index is 2.23. The third kappa shape index (κ3) is 2.06. The SMILES string of the molecule is ClCc1ccc2ccc3cc4ccccc4cc3c2c1CCl. The molecule has 0 bridgehead atoms. The van der Waals surface area contributed by atoms with E-state index in [1.165, 1.54) is 32.3 Å². The topological polar surface area (TPSA) is 0 Å². The summed E-state index contributed by atoms with van der Waals surface area (Å²) in [5.74, 6) is 0.966. The first-order valence-corrected chi connectivity index (χ1v) is 8.36. The van der Waals surface area contributed by atoms with Crippen molar-refractivity contribution in [1.82, 2.24) is 0 Å². The van der Waals surface area contributed by atoms with Crippen LogP contribution in [0.15, 0.2) is 60.7 Å². The Morgan fingerprint density at radius 1 is 0.636 bits per heavy atom. The monoisotopic (exact) mass is 324 g/mol. The first-order valence-electron chi connectivity index (χ1n) is 7.30. The Morgan fingerprint density at radius 3 is 2.05 bits per heavy atom. The molecule has 0 atom stereocenters. The zero-order chi connectivity index (χ0) is 15.1. The second-order valence-corrected chi connectivity index (χ2v) is 6.09. The molecule has 108 valence electrons. The molecule has 0 aliphatic carbocycles. The Hall–Kier alpha value is -1.76. The van der Waals surface area contributed by atoms with Crippen LogP contribution in [0, 0.1) is 0 Å². The molecule has 0 aliphatic heterocycles. The standard InChI is InChI=1S/C20H14Cl2/c21-11-17-8-6-13-5-7-16-9-14-3-1-2-4-15(14)10-18(16)20(13)19(17)12-22/h1-10H,11-12H2. The normalized spacial score (nSPS) is 11.5. The van der Waals surface area contributed by atoms with Gasteiger partial charge in [0.25, 0.3) is 0 Å². The van der Waals surface area contributed by atoms with Gasteiger partial charge in [0, 0.05) is 11.8 Å². The molecule has 4 rings (SSSR count). The predicted octanol–water partition coefficient (Wildman–Crippen LogP) is 6.62. The van der Waals surface area contributed by atoms with Gasteiger partial charge >= 0.3 is 0 Å². The van der Waals surface area contributed by atoms with Crippen molar-refractivity contribution in [1.29, 1.82) is 0 Å². The van der Waals surface area contributed by atoms with Crippen molar-refractivity contribution >= 4 is 55.5 Å². The Bertz CT molecular complexity index is 1000. The summed E-state index contributed by atoms with van der Waals surface area (Å²) in [4.78, 5) is 0. The lowest BCUT2D eigenvalue weighted by Crippen LogP contribution is -1.92. The molecule has 0 radical (unpaired) electrons. The lowest BCUT2D eigenvalue weighted by atomic mass is 9.93. The van der Waals surface area contributed by atoms with E-state index < -0.39 is 0 Å². The fourth-order valence-electron chi connectivity index (χ4n) is 3.24. The number of alkyl halides is 2. The summed E-state index contributed by atoms with van der Waals surface area (Å²) < 4.78 is 0. The molecule has 0 saturated heterocycles. The second-order valence-electron chi connectivity index (χ2n) is 5.55. The summed E-state index contributed by atoms with van der Waals surface area (Å²) >= 11 is 12.3. The van der Waals surface area contributed by atoms with E-state index in [1.807, 2.05) is 0 Å². The first kappa shape index (κ1) is 13.9. The third-order valence-corrected chi connectivity index (χ3v) is 4.90. The highest BCUT2D eigenvalue weighted by Crippen LogP contribution is 2.34. The molecule has 0 N–H and O–H groups in total. The van der Waals surface area contributed by atoms with E-state index in [0.717, 1.165) is 11.1 Å². The lowest BCUT2D eigenvalue weighted by molar-refractivity contribution is 1.30. The molecule has 0 aliphatic rings. The van der Waals surface area contributed by atoms with E-state index in [1.54, 1.807) is 0 Å². The highest BCUT2D eigenvalue weighted by atomic mass is 35.5. The number of rotatable bonds is 2. The molecule has 0 aromatic heterocycles. The van der Waals surface area contributed by atoms with E-state index >= 15 is 0 Å². The average Bonchev–Trinajstić information content (AvgIpc) is 2.58. The smallest absolute Gasteiger partial charge is 0.0483 e. The van der Waals surface area contributed by atoms with Crippen LogP contribution < -0.4 is 0 Å². The van der Waals surface area contributed by atoms with Gasteiger partial charge in [0.2, 0.25) is 0 Å². The molecule has 22 heavy (non-hydrogen) atoms. The van der Waals surface area contributed by atoms with Gasteiger partial charge in [-0.05, 0) is 55.6 Å². The summed E-state index contributed by atoms with van der Waals surface area (Å²) in [6, 6.07) is 21.5. The van der Waals surface area contributed by atoms with Crippen molar-refractivity contribution in [3.63, 3.8) is 0 Å². The molecular formula is C20H14Cl2. The van der Waals surface area contributed by atoms with Gasteiger partial charge in [-0.1, -0.05) is 48.5 Å². The second kappa shape index (κ2) is 5.46. The van der Waals surface area contributed by atoms with Crippen molar-refractivity contribution in [2.45, 2.75) is 11.8 Å². The molecule has 4 aromatic carbocycles. The average molecular weight is 325 g/mol. The zero-order valence-corrected chi connectivity index (χ0v) is 13.5. The zero-order valence-electron chi connectivity index (χ0n) is 11.9. The number of benzene rings is 4. The number of halogens is 2. The van der Waals surface area contributed by atoms with E-state index in [0.29, 0.717) is 11.8 Å². The maximum atomic E-state index is 6.25. The van der Waals surface area contributed by atoms with E-state index in [4.69, 9.17) is 23.2 Å². The molecule has 2 heteroatoms. The summed E-state index contributed by atoms with van der Waals surface area (Å²) in [6.07, 6.45) is 0. The number of hydrogen-bond acceptors (Lipinski definition) is 0. The van der Waals surface area contributed by atoms with Gasteiger partial charge in [-0.3, -0.25) is 0 Å². The maximum Gasteiger partial charge on any atom is 0.0483 e. The van der Waals surface area contributed by atoms with Crippen LogP contribution in [-0.2, 0) is 11.8 Å². The van der Waals surface area contributed by atoms with Crippen molar-refractivity contribution in [2.75, 3.05) is 0 Å². The van der Waals surface area contributed by atoms with E-state index in [-0.39, 0.29) is 0 Å². The first-order chi connectivity index (χ1) is 10.8. The summed E-state index contributed by atoms with van der Waals surface area (Å²) in [7, 11) is 0. The molecule has 0 nitrogen and oxygen atoms in total. The lowest BCUT2D eigenvalue weighted by Gasteiger charge is -2.13. The van der Waals surface area contributed by atoms with Gasteiger partial charge in [0.1, 0.15) is 0 Å². The van der Waals surface area contributed by atoms with Crippen LogP contribution in [0.25, 0.3) is 32.3 Å². The van der Waals surface area contributed by atoms with Gasteiger partial charge in [-0.25, -0.2) is 0 Å². The Kier molecular flexibility index (Phi) is 3.44. The van der Waals surface area contributed by atoms with Gasteiger partial charge in [0.15, 0.2) is 0 Å². The minimum Gasteiger partial charge on any atom is -0.122 e. The third-order valence-electron chi connectivity index (χ3n) is 4.35. The largest absolute Gasteiger partial charge is 0.122 e. The van der Waals surface area contributed by atoms with Crippen LogP contribution in [0.1, 0.15) is 11.1 Å². The molecule has 0 unspecified atom stereocenters. The van der Waals surface area contributed by atoms with Gasteiger partial charge in [-0.15, -0.1) is 23.2 Å². The number of hydrogen-bond donors (Lipinski definition) is 0. The molecule has 4 aromatic rings. The van der Waals surface area contributed by atoms with E-state index in [2.05, 4.69) is 60.7 Å². The highest BCUT2D eigenvalue weighted by molar-refractivity contribution is 6.22. The highest BCUT2D eigenvalue weighted by Gasteiger charge is 2.10. The molecule has 0 amide bonds. The van der Waals surface area contributed by atoms with Crippen LogP contribution >= 0.6 is 23.2 Å². The Morgan fingerprint density at radius 2 is 1.32 bits per heavy atom.